The molecule has 0 radical (unpaired) electrons. The summed E-state index contributed by atoms with van der Waals surface area (Å²) in [6.45, 7) is 9.81. The standard InChI is InChI=1S/C16H21N3O3.C8H9F/c1-4-13(10-17-5-2)9-14-11-19(8-6-7-15(20)21)12(3)18-16(14)22;1-2-7-3-5-8(9)6-4-7/h4-5,10-11H,1,6-9H2,2-3H3,(H,20,21);3-6H,2H2,1H3/b13-10+,17-5?;. The van der Waals surface area contributed by atoms with Crippen LogP contribution in [0.5, 0.6) is 0 Å². The number of carbonyl (C=O) groups is 1. The van der Waals surface area contributed by atoms with Crippen LogP contribution in [0.15, 0.2) is 64.7 Å². The van der Waals surface area contributed by atoms with E-state index in [1.54, 1.807) is 50.7 Å². The Morgan fingerprint density at radius 1 is 1.32 bits per heavy atom. The summed E-state index contributed by atoms with van der Waals surface area (Å²) in [7, 11) is 0. The molecule has 0 fully saturated rings. The van der Waals surface area contributed by atoms with E-state index in [0.717, 1.165) is 12.0 Å². The number of allylic oxidation sites excluding steroid dienone is 2. The minimum atomic E-state index is -0.832. The predicted octanol–water partition coefficient (Wildman–Crippen LogP) is 4.51. The summed E-state index contributed by atoms with van der Waals surface area (Å²) in [4.78, 5) is 30.6. The van der Waals surface area contributed by atoms with Gasteiger partial charge in [0.05, 0.1) is 0 Å². The first-order valence-corrected chi connectivity index (χ1v) is 10.1. The van der Waals surface area contributed by atoms with Crippen LogP contribution in [-0.2, 0) is 24.2 Å². The maximum absolute atomic E-state index is 12.2. The van der Waals surface area contributed by atoms with Crippen molar-refractivity contribution in [2.24, 2.45) is 4.99 Å². The molecule has 0 spiro atoms. The normalized spacial score (nSPS) is 11.2. The van der Waals surface area contributed by atoms with E-state index in [9.17, 15) is 14.0 Å². The molecule has 1 N–H and O–H groups in total. The van der Waals surface area contributed by atoms with E-state index in [1.165, 1.54) is 17.7 Å². The van der Waals surface area contributed by atoms with Crippen LogP contribution in [0.3, 0.4) is 0 Å². The predicted molar refractivity (Wildman–Crippen MR) is 122 cm³/mol. The van der Waals surface area contributed by atoms with Gasteiger partial charge in [-0.05, 0) is 50.0 Å². The van der Waals surface area contributed by atoms with Gasteiger partial charge in [-0.25, -0.2) is 4.39 Å². The molecule has 0 saturated heterocycles. The average Bonchev–Trinajstić information content (AvgIpc) is 2.74. The highest BCUT2D eigenvalue weighted by Gasteiger charge is 2.07. The molecule has 1 aromatic heterocycles. The molecule has 0 bridgehead atoms. The van der Waals surface area contributed by atoms with Crippen molar-refractivity contribution in [1.29, 1.82) is 0 Å². The number of carboxylic acids is 1. The SMILES string of the molecule is C=C/C(=C\N=CC)Cc1cn(CCCC(=O)O)c(C)nc1=O.CCc1ccc(F)cc1. The summed E-state index contributed by atoms with van der Waals surface area (Å²) in [5, 5.41) is 8.69. The summed E-state index contributed by atoms with van der Waals surface area (Å²) in [6.07, 6.45) is 8.64. The lowest BCUT2D eigenvalue weighted by atomic mass is 10.1. The first kappa shape index (κ1) is 25.7. The molecule has 0 saturated carbocycles. The van der Waals surface area contributed by atoms with Gasteiger partial charge in [0.15, 0.2) is 0 Å². The average molecular weight is 428 g/mol. The molecule has 6 nitrogen and oxygen atoms in total. The number of halogens is 1. The van der Waals surface area contributed by atoms with Crippen molar-refractivity contribution in [1.82, 2.24) is 9.55 Å². The number of aliphatic carboxylic acids is 1. The van der Waals surface area contributed by atoms with Crippen LogP contribution in [0.2, 0.25) is 0 Å². The third-order valence-corrected chi connectivity index (χ3v) is 4.42. The lowest BCUT2D eigenvalue weighted by molar-refractivity contribution is -0.137. The Bertz CT molecular complexity index is 977. The Morgan fingerprint density at radius 3 is 2.55 bits per heavy atom. The van der Waals surface area contributed by atoms with Crippen LogP contribution in [0.1, 0.15) is 43.6 Å². The van der Waals surface area contributed by atoms with Gasteiger partial charge in [0.2, 0.25) is 0 Å². The lowest BCUT2D eigenvalue weighted by Gasteiger charge is -2.11. The fourth-order valence-corrected chi connectivity index (χ4v) is 2.65. The lowest BCUT2D eigenvalue weighted by Crippen LogP contribution is -2.20. The molecule has 1 heterocycles. The molecule has 2 aromatic rings. The summed E-state index contributed by atoms with van der Waals surface area (Å²) < 4.78 is 14.0. The van der Waals surface area contributed by atoms with E-state index in [4.69, 9.17) is 5.11 Å². The van der Waals surface area contributed by atoms with Crippen LogP contribution in [-0.4, -0.2) is 26.8 Å². The van der Waals surface area contributed by atoms with Gasteiger partial charge in [-0.3, -0.25) is 14.6 Å². The molecule has 166 valence electrons. The Morgan fingerprint density at radius 2 is 2.00 bits per heavy atom. The van der Waals surface area contributed by atoms with Crippen molar-refractivity contribution in [3.05, 3.63) is 88.0 Å². The second kappa shape index (κ2) is 13.8. The molecule has 1 aromatic carbocycles. The second-order valence-electron chi connectivity index (χ2n) is 6.78. The number of hydrogen-bond acceptors (Lipinski definition) is 4. The highest BCUT2D eigenvalue weighted by molar-refractivity contribution is 5.66. The van der Waals surface area contributed by atoms with Gasteiger partial charge in [0.1, 0.15) is 11.6 Å². The first-order chi connectivity index (χ1) is 14.8. The van der Waals surface area contributed by atoms with E-state index in [2.05, 4.69) is 16.6 Å². The first-order valence-electron chi connectivity index (χ1n) is 10.1. The molecular weight excluding hydrogens is 397 g/mol. The maximum atomic E-state index is 12.2. The topological polar surface area (TPSA) is 84.6 Å². The van der Waals surface area contributed by atoms with E-state index >= 15 is 0 Å². The number of aromatic nitrogens is 2. The number of carboxylic acid groups (broad SMARTS) is 1. The van der Waals surface area contributed by atoms with E-state index in [-0.39, 0.29) is 17.8 Å². The minimum Gasteiger partial charge on any atom is -0.481 e. The zero-order valence-electron chi connectivity index (χ0n) is 18.3. The fourth-order valence-electron chi connectivity index (χ4n) is 2.65. The Kier molecular flexibility index (Phi) is 11.4. The number of aliphatic imine (C=N–C) groups is 1. The quantitative estimate of drug-likeness (QED) is 0.471. The Labute approximate surface area is 182 Å². The monoisotopic (exact) mass is 427 g/mol. The molecule has 0 atom stereocenters. The second-order valence-corrected chi connectivity index (χ2v) is 6.78. The van der Waals surface area contributed by atoms with Gasteiger partial charge in [-0.15, -0.1) is 0 Å². The van der Waals surface area contributed by atoms with Crippen LogP contribution in [0, 0.1) is 12.7 Å². The number of aryl methyl sites for hydroxylation is 3. The van der Waals surface area contributed by atoms with Gasteiger partial charge in [0.25, 0.3) is 5.56 Å². The third-order valence-electron chi connectivity index (χ3n) is 4.42. The molecule has 0 unspecified atom stereocenters. The molecule has 0 amide bonds. The van der Waals surface area contributed by atoms with Crippen LogP contribution in [0.25, 0.3) is 0 Å². The maximum Gasteiger partial charge on any atom is 0.303 e. The Hall–Kier alpha value is -3.35. The zero-order chi connectivity index (χ0) is 23.2. The van der Waals surface area contributed by atoms with E-state index < -0.39 is 5.97 Å². The van der Waals surface area contributed by atoms with E-state index in [0.29, 0.717) is 30.8 Å². The summed E-state index contributed by atoms with van der Waals surface area (Å²) in [6, 6.07) is 6.57. The Balaban J connectivity index is 0.000000442. The molecule has 0 aliphatic rings. The molecule has 2 rings (SSSR count). The summed E-state index contributed by atoms with van der Waals surface area (Å²) >= 11 is 0. The van der Waals surface area contributed by atoms with Crippen molar-refractivity contribution >= 4 is 12.2 Å². The summed E-state index contributed by atoms with van der Waals surface area (Å²) in [5.41, 5.74) is 2.26. The largest absolute Gasteiger partial charge is 0.481 e. The van der Waals surface area contributed by atoms with Gasteiger partial charge >= 0.3 is 5.97 Å². The number of hydrogen-bond donors (Lipinski definition) is 1. The highest BCUT2D eigenvalue weighted by Crippen LogP contribution is 2.07. The van der Waals surface area contributed by atoms with Crippen LogP contribution >= 0.6 is 0 Å². The van der Waals surface area contributed by atoms with Crippen molar-refractivity contribution in [3.8, 4) is 0 Å². The fraction of sp³-hybridized carbons (Fsp3) is 0.333. The van der Waals surface area contributed by atoms with Crippen LogP contribution in [0.4, 0.5) is 4.39 Å². The number of nitrogens with zero attached hydrogens (tertiary/aromatic N) is 3. The van der Waals surface area contributed by atoms with Crippen molar-refractivity contribution in [2.75, 3.05) is 0 Å². The van der Waals surface area contributed by atoms with E-state index in [1.807, 2.05) is 11.5 Å². The van der Waals surface area contributed by atoms with Crippen LogP contribution < -0.4 is 5.56 Å². The summed E-state index contributed by atoms with van der Waals surface area (Å²) in [5.74, 6) is -0.414. The van der Waals surface area contributed by atoms with Crippen molar-refractivity contribution < 1.29 is 14.3 Å². The number of rotatable bonds is 9. The third kappa shape index (κ3) is 9.80. The number of benzene rings is 1. The molecule has 0 aliphatic carbocycles. The van der Waals surface area contributed by atoms with Crippen molar-refractivity contribution in [2.45, 2.75) is 53.0 Å². The van der Waals surface area contributed by atoms with Gasteiger partial charge < -0.3 is 9.67 Å². The molecule has 31 heavy (non-hydrogen) atoms. The smallest absolute Gasteiger partial charge is 0.303 e. The highest BCUT2D eigenvalue weighted by atomic mass is 19.1. The molecule has 0 aliphatic heterocycles. The van der Waals surface area contributed by atoms with Gasteiger partial charge in [0, 0.05) is 43.6 Å². The van der Waals surface area contributed by atoms with Gasteiger partial charge in [-0.1, -0.05) is 31.7 Å². The van der Waals surface area contributed by atoms with Gasteiger partial charge in [-0.2, -0.15) is 4.98 Å². The van der Waals surface area contributed by atoms with Crippen molar-refractivity contribution in [3.63, 3.8) is 0 Å². The zero-order valence-corrected chi connectivity index (χ0v) is 18.3. The molecule has 7 heteroatoms. The molecular formula is C24H30FN3O3. The minimum absolute atomic E-state index is 0.0872.